The van der Waals surface area contributed by atoms with Crippen LogP contribution < -0.4 is 11.1 Å². The summed E-state index contributed by atoms with van der Waals surface area (Å²) in [4.78, 5) is 26.2. The van der Waals surface area contributed by atoms with Crippen molar-refractivity contribution in [2.24, 2.45) is 11.7 Å². The molecule has 0 fully saturated rings. The molecule has 0 aliphatic rings. The van der Waals surface area contributed by atoms with Crippen LogP contribution in [0.3, 0.4) is 0 Å². The van der Waals surface area contributed by atoms with Crippen molar-refractivity contribution in [3.63, 3.8) is 0 Å². The smallest absolute Gasteiger partial charge is 0.355 e. The quantitative estimate of drug-likeness (QED) is 0.636. The minimum Gasteiger partial charge on any atom is -0.476 e. The first-order chi connectivity index (χ1) is 9.52. The van der Waals surface area contributed by atoms with Crippen molar-refractivity contribution in [2.45, 2.75) is 32.6 Å². The Morgan fingerprint density at radius 3 is 2.85 bits per heavy atom. The van der Waals surface area contributed by atoms with E-state index in [-0.39, 0.29) is 11.6 Å². The molecule has 0 saturated carbocycles. The van der Waals surface area contributed by atoms with E-state index in [1.807, 2.05) is 0 Å². The molecule has 1 rings (SSSR count). The van der Waals surface area contributed by atoms with E-state index in [9.17, 15) is 9.59 Å². The van der Waals surface area contributed by atoms with Crippen LogP contribution in [-0.4, -0.2) is 35.1 Å². The second kappa shape index (κ2) is 8.65. The van der Waals surface area contributed by atoms with Crippen LogP contribution in [0, 0.1) is 5.92 Å². The van der Waals surface area contributed by atoms with Gasteiger partial charge in [0, 0.05) is 24.8 Å². The highest BCUT2D eigenvalue weighted by molar-refractivity contribution is 7.09. The Kier molecular flexibility index (Phi) is 7.17. The lowest BCUT2D eigenvalue weighted by Crippen LogP contribution is -2.26. The van der Waals surface area contributed by atoms with E-state index in [0.29, 0.717) is 31.8 Å². The van der Waals surface area contributed by atoms with Crippen LogP contribution in [-0.2, 0) is 11.2 Å². The predicted molar refractivity (Wildman–Crippen MR) is 77.9 cm³/mol. The number of hydrogen-bond donors (Lipinski definition) is 3. The van der Waals surface area contributed by atoms with Gasteiger partial charge in [-0.25, -0.2) is 9.78 Å². The Bertz CT molecular complexity index is 448. The second-order valence-corrected chi connectivity index (χ2v) is 5.70. The molecule has 0 radical (unpaired) electrons. The van der Waals surface area contributed by atoms with Crippen LogP contribution in [0.4, 0.5) is 0 Å². The number of carboxylic acids is 1. The normalized spacial score (nSPS) is 12.1. The molecule has 112 valence electrons. The number of nitrogens with two attached hydrogens (primary N) is 1. The predicted octanol–water partition coefficient (Wildman–Crippen LogP) is 1.27. The summed E-state index contributed by atoms with van der Waals surface area (Å²) in [6.45, 7) is 3.22. The summed E-state index contributed by atoms with van der Waals surface area (Å²) in [5, 5.41) is 13.8. The molecule has 1 aromatic rings. The highest BCUT2D eigenvalue weighted by Gasteiger charge is 2.09. The van der Waals surface area contributed by atoms with E-state index < -0.39 is 5.97 Å². The fourth-order valence-electron chi connectivity index (χ4n) is 1.73. The van der Waals surface area contributed by atoms with E-state index in [0.717, 1.165) is 17.8 Å². The van der Waals surface area contributed by atoms with Gasteiger partial charge in [-0.15, -0.1) is 11.3 Å². The van der Waals surface area contributed by atoms with Gasteiger partial charge in [0.15, 0.2) is 5.69 Å². The first-order valence-corrected chi connectivity index (χ1v) is 7.55. The van der Waals surface area contributed by atoms with E-state index in [1.165, 1.54) is 16.7 Å². The zero-order chi connectivity index (χ0) is 15.0. The van der Waals surface area contributed by atoms with Gasteiger partial charge in [0.2, 0.25) is 5.91 Å². The van der Waals surface area contributed by atoms with Crippen molar-refractivity contribution in [3.05, 3.63) is 16.1 Å². The number of amides is 1. The van der Waals surface area contributed by atoms with Crippen molar-refractivity contribution in [1.82, 2.24) is 10.3 Å². The minimum atomic E-state index is -1.02. The molecule has 4 N–H and O–H groups in total. The maximum Gasteiger partial charge on any atom is 0.355 e. The molecule has 0 saturated heterocycles. The zero-order valence-corrected chi connectivity index (χ0v) is 12.4. The van der Waals surface area contributed by atoms with E-state index in [4.69, 9.17) is 10.8 Å². The molecule has 0 spiro atoms. The molecular formula is C13H21N3O3S. The molecule has 6 nitrogen and oxygen atoms in total. The summed E-state index contributed by atoms with van der Waals surface area (Å²) in [7, 11) is 0. The third-order valence-electron chi connectivity index (χ3n) is 2.96. The number of thiazole rings is 1. The Balaban J connectivity index is 2.19. The highest BCUT2D eigenvalue weighted by atomic mass is 32.1. The van der Waals surface area contributed by atoms with Crippen LogP contribution in [0.2, 0.25) is 0 Å². The number of carbonyl (C=O) groups excluding carboxylic acids is 1. The van der Waals surface area contributed by atoms with Gasteiger partial charge in [0.05, 0.1) is 5.01 Å². The van der Waals surface area contributed by atoms with E-state index in [1.54, 1.807) is 0 Å². The van der Waals surface area contributed by atoms with Crippen molar-refractivity contribution in [3.8, 4) is 0 Å². The molecule has 1 heterocycles. The third-order valence-corrected chi connectivity index (χ3v) is 3.86. The number of aromatic nitrogens is 1. The van der Waals surface area contributed by atoms with Crippen molar-refractivity contribution < 1.29 is 14.7 Å². The summed E-state index contributed by atoms with van der Waals surface area (Å²) in [5.74, 6) is -0.544. The molecule has 0 bridgehead atoms. The monoisotopic (exact) mass is 299 g/mol. The van der Waals surface area contributed by atoms with Gasteiger partial charge in [-0.05, 0) is 25.3 Å². The maximum absolute atomic E-state index is 11.6. The van der Waals surface area contributed by atoms with Crippen LogP contribution in [0.5, 0.6) is 0 Å². The van der Waals surface area contributed by atoms with Crippen LogP contribution in [0.25, 0.3) is 0 Å². The fourth-order valence-corrected chi connectivity index (χ4v) is 2.50. The van der Waals surface area contributed by atoms with Crippen LogP contribution >= 0.6 is 11.3 Å². The average Bonchev–Trinajstić information content (AvgIpc) is 2.86. The minimum absolute atomic E-state index is 0.0175. The SMILES string of the molecule is CC(CCN)CCC(=O)NCCc1nc(C(=O)O)cs1. The standard InChI is InChI=1S/C13H21N3O3S/c1-9(4-6-14)2-3-11(17)15-7-5-12-16-10(8-20-12)13(18)19/h8-9H,2-7,14H2,1H3,(H,15,17)(H,18,19). The number of carboxylic acid groups (broad SMARTS) is 1. The van der Waals surface area contributed by atoms with Crippen LogP contribution in [0.15, 0.2) is 5.38 Å². The Hall–Kier alpha value is -1.47. The number of carbonyl (C=O) groups is 2. The summed E-state index contributed by atoms with van der Waals surface area (Å²) in [6.07, 6.45) is 2.83. The zero-order valence-electron chi connectivity index (χ0n) is 11.6. The van der Waals surface area contributed by atoms with Gasteiger partial charge in [-0.1, -0.05) is 6.92 Å². The number of nitrogens with one attached hydrogen (secondary N) is 1. The lowest BCUT2D eigenvalue weighted by Gasteiger charge is -2.09. The molecule has 1 aromatic heterocycles. The summed E-state index contributed by atoms with van der Waals surface area (Å²) >= 11 is 1.30. The number of aromatic carboxylic acids is 1. The average molecular weight is 299 g/mol. The Morgan fingerprint density at radius 1 is 1.50 bits per heavy atom. The van der Waals surface area contributed by atoms with Gasteiger partial charge < -0.3 is 16.2 Å². The van der Waals surface area contributed by atoms with Gasteiger partial charge in [0.25, 0.3) is 0 Å². The lowest BCUT2D eigenvalue weighted by molar-refractivity contribution is -0.121. The molecule has 0 aliphatic carbocycles. The number of rotatable bonds is 9. The molecule has 1 unspecified atom stereocenters. The number of nitrogens with zero attached hydrogens (tertiary/aromatic N) is 1. The first kappa shape index (κ1) is 16.6. The molecular weight excluding hydrogens is 278 g/mol. The van der Waals surface area contributed by atoms with Gasteiger partial charge in [-0.3, -0.25) is 4.79 Å². The van der Waals surface area contributed by atoms with Gasteiger partial charge >= 0.3 is 5.97 Å². The summed E-state index contributed by atoms with van der Waals surface area (Å²) < 4.78 is 0. The maximum atomic E-state index is 11.6. The lowest BCUT2D eigenvalue weighted by atomic mass is 10.0. The highest BCUT2D eigenvalue weighted by Crippen LogP contribution is 2.10. The Morgan fingerprint density at radius 2 is 2.25 bits per heavy atom. The van der Waals surface area contributed by atoms with Crippen molar-refractivity contribution >= 4 is 23.2 Å². The van der Waals surface area contributed by atoms with E-state index in [2.05, 4.69) is 17.2 Å². The molecule has 0 aliphatic heterocycles. The second-order valence-electron chi connectivity index (χ2n) is 4.75. The third kappa shape index (κ3) is 6.12. The van der Waals surface area contributed by atoms with Crippen molar-refractivity contribution in [1.29, 1.82) is 0 Å². The Labute approximate surface area is 122 Å². The summed E-state index contributed by atoms with van der Waals surface area (Å²) in [6, 6.07) is 0. The molecule has 0 aromatic carbocycles. The van der Waals surface area contributed by atoms with Gasteiger partial charge in [0.1, 0.15) is 0 Å². The molecule has 1 atom stereocenters. The molecule has 7 heteroatoms. The van der Waals surface area contributed by atoms with Crippen LogP contribution in [0.1, 0.15) is 41.7 Å². The molecule has 1 amide bonds. The summed E-state index contributed by atoms with van der Waals surface area (Å²) in [5.41, 5.74) is 5.52. The molecule has 20 heavy (non-hydrogen) atoms. The topological polar surface area (TPSA) is 105 Å². The largest absolute Gasteiger partial charge is 0.476 e. The fraction of sp³-hybridized carbons (Fsp3) is 0.615. The number of hydrogen-bond acceptors (Lipinski definition) is 5. The van der Waals surface area contributed by atoms with E-state index >= 15 is 0 Å². The first-order valence-electron chi connectivity index (χ1n) is 6.67. The van der Waals surface area contributed by atoms with Gasteiger partial charge in [-0.2, -0.15) is 0 Å². The van der Waals surface area contributed by atoms with Crippen molar-refractivity contribution in [2.75, 3.05) is 13.1 Å².